The minimum atomic E-state index is 0.200. The molecule has 0 aliphatic heterocycles. The van der Waals surface area contributed by atoms with E-state index in [2.05, 4.69) is 23.8 Å². The Balaban J connectivity index is 1.35. The van der Waals surface area contributed by atoms with Crippen LogP contribution < -0.4 is 9.47 Å². The van der Waals surface area contributed by atoms with Crippen molar-refractivity contribution < 1.29 is 9.47 Å². The van der Waals surface area contributed by atoms with Gasteiger partial charge in [0.1, 0.15) is 11.5 Å². The standard InChI is InChI=1S/C26H24N2O2S2/c1-19(23-15-9-17-25(27-23)29-21-11-5-3-6-12-21)31-32-20(2)24-16-10-18-26(28-24)30-22-13-7-4-8-14-22/h3-20H,1-2H3. The van der Waals surface area contributed by atoms with Crippen LogP contribution in [0.15, 0.2) is 97.1 Å². The van der Waals surface area contributed by atoms with Crippen LogP contribution in [-0.4, -0.2) is 9.97 Å². The predicted octanol–water partition coefficient (Wildman–Crippen LogP) is 8.26. The van der Waals surface area contributed by atoms with Gasteiger partial charge in [0.15, 0.2) is 0 Å². The fourth-order valence-corrected chi connectivity index (χ4v) is 5.30. The number of hydrogen-bond acceptors (Lipinski definition) is 6. The van der Waals surface area contributed by atoms with Gasteiger partial charge in [0.05, 0.1) is 21.9 Å². The van der Waals surface area contributed by atoms with Gasteiger partial charge in [-0.1, -0.05) is 70.1 Å². The Hall–Kier alpha value is -2.96. The molecule has 4 aromatic rings. The average molecular weight is 461 g/mol. The van der Waals surface area contributed by atoms with Crippen molar-refractivity contribution in [3.63, 3.8) is 0 Å². The van der Waals surface area contributed by atoms with E-state index in [0.29, 0.717) is 11.8 Å². The normalized spacial score (nSPS) is 12.7. The van der Waals surface area contributed by atoms with Crippen molar-refractivity contribution in [2.75, 3.05) is 0 Å². The first-order valence-corrected chi connectivity index (χ1v) is 12.7. The topological polar surface area (TPSA) is 44.2 Å². The molecule has 6 heteroatoms. The Morgan fingerprint density at radius 2 is 0.938 bits per heavy atom. The molecule has 0 bridgehead atoms. The van der Waals surface area contributed by atoms with Gasteiger partial charge >= 0.3 is 0 Å². The average Bonchev–Trinajstić information content (AvgIpc) is 2.84. The van der Waals surface area contributed by atoms with Gasteiger partial charge in [-0.15, -0.1) is 0 Å². The van der Waals surface area contributed by atoms with E-state index in [0.717, 1.165) is 22.9 Å². The zero-order valence-corrected chi connectivity index (χ0v) is 19.6. The maximum absolute atomic E-state index is 5.88. The number of ether oxygens (including phenoxy) is 2. The Morgan fingerprint density at radius 1 is 0.531 bits per heavy atom. The summed E-state index contributed by atoms with van der Waals surface area (Å²) in [5.74, 6) is 2.77. The molecule has 0 amide bonds. The summed E-state index contributed by atoms with van der Waals surface area (Å²) in [6, 6.07) is 31.2. The van der Waals surface area contributed by atoms with Crippen molar-refractivity contribution >= 4 is 21.6 Å². The number of nitrogens with zero attached hydrogens (tertiary/aromatic N) is 2. The summed E-state index contributed by atoms with van der Waals surface area (Å²) in [4.78, 5) is 9.38. The summed E-state index contributed by atoms with van der Waals surface area (Å²) in [5.41, 5.74) is 1.97. The van der Waals surface area contributed by atoms with Gasteiger partial charge in [0.2, 0.25) is 11.8 Å². The maximum Gasteiger partial charge on any atom is 0.219 e. The number of pyridine rings is 2. The van der Waals surface area contributed by atoms with Gasteiger partial charge in [-0.2, -0.15) is 0 Å². The second-order valence-electron chi connectivity index (χ2n) is 7.11. The third kappa shape index (κ3) is 6.28. The van der Waals surface area contributed by atoms with E-state index in [1.807, 2.05) is 97.1 Å². The molecule has 0 saturated heterocycles. The van der Waals surface area contributed by atoms with Crippen molar-refractivity contribution in [1.82, 2.24) is 9.97 Å². The fraction of sp³-hybridized carbons (Fsp3) is 0.154. The van der Waals surface area contributed by atoms with Crippen LogP contribution >= 0.6 is 21.6 Å². The number of para-hydroxylation sites is 2. The lowest BCUT2D eigenvalue weighted by atomic mass is 10.3. The van der Waals surface area contributed by atoms with Crippen LogP contribution in [0, 0.1) is 0 Å². The summed E-state index contributed by atoms with van der Waals surface area (Å²) in [5, 5.41) is 0.399. The largest absolute Gasteiger partial charge is 0.439 e. The molecule has 0 radical (unpaired) electrons. The van der Waals surface area contributed by atoms with Gasteiger partial charge in [0, 0.05) is 12.1 Å². The minimum absolute atomic E-state index is 0.200. The van der Waals surface area contributed by atoms with Crippen molar-refractivity contribution in [2.24, 2.45) is 0 Å². The van der Waals surface area contributed by atoms with E-state index in [1.54, 1.807) is 21.6 Å². The van der Waals surface area contributed by atoms with Crippen LogP contribution in [0.1, 0.15) is 35.7 Å². The zero-order chi connectivity index (χ0) is 22.2. The molecule has 0 saturated carbocycles. The van der Waals surface area contributed by atoms with Crippen molar-refractivity contribution in [3.8, 4) is 23.3 Å². The molecule has 2 heterocycles. The SMILES string of the molecule is CC(SSC(C)c1cccc(Oc2ccccc2)n1)c1cccc(Oc2ccccc2)n1. The molecular formula is C26H24N2O2S2. The van der Waals surface area contributed by atoms with Gasteiger partial charge in [-0.3, -0.25) is 0 Å². The van der Waals surface area contributed by atoms with Crippen LogP contribution in [0.2, 0.25) is 0 Å². The first-order valence-electron chi connectivity index (χ1n) is 10.4. The molecule has 162 valence electrons. The van der Waals surface area contributed by atoms with E-state index in [-0.39, 0.29) is 10.5 Å². The second kappa shape index (κ2) is 11.1. The fourth-order valence-electron chi connectivity index (χ4n) is 2.91. The molecule has 2 atom stereocenters. The lowest BCUT2D eigenvalue weighted by molar-refractivity contribution is 0.460. The second-order valence-corrected chi connectivity index (χ2v) is 10.1. The van der Waals surface area contributed by atoms with Crippen molar-refractivity contribution in [2.45, 2.75) is 24.3 Å². The number of hydrogen-bond donors (Lipinski definition) is 0. The van der Waals surface area contributed by atoms with E-state index in [4.69, 9.17) is 9.47 Å². The maximum atomic E-state index is 5.88. The molecule has 4 nitrogen and oxygen atoms in total. The van der Waals surface area contributed by atoms with Crippen LogP contribution in [0.3, 0.4) is 0 Å². The van der Waals surface area contributed by atoms with E-state index < -0.39 is 0 Å². The molecule has 4 rings (SSSR count). The third-order valence-electron chi connectivity index (χ3n) is 4.60. The van der Waals surface area contributed by atoms with Crippen LogP contribution in [0.5, 0.6) is 23.3 Å². The lowest BCUT2D eigenvalue weighted by Gasteiger charge is -2.15. The highest BCUT2D eigenvalue weighted by Crippen LogP contribution is 2.45. The molecule has 2 aromatic heterocycles. The number of rotatable bonds is 9. The smallest absolute Gasteiger partial charge is 0.219 e. The highest BCUT2D eigenvalue weighted by Gasteiger charge is 2.15. The van der Waals surface area contributed by atoms with Gasteiger partial charge in [-0.25, -0.2) is 9.97 Å². The molecular weight excluding hydrogens is 436 g/mol. The van der Waals surface area contributed by atoms with E-state index in [1.165, 1.54) is 0 Å². The molecule has 2 aromatic carbocycles. The van der Waals surface area contributed by atoms with E-state index >= 15 is 0 Å². The summed E-state index contributed by atoms with van der Waals surface area (Å²) in [6.45, 7) is 4.31. The molecule has 2 unspecified atom stereocenters. The Labute approximate surface area is 196 Å². The van der Waals surface area contributed by atoms with Crippen LogP contribution in [-0.2, 0) is 0 Å². The highest BCUT2D eigenvalue weighted by molar-refractivity contribution is 8.76. The molecule has 32 heavy (non-hydrogen) atoms. The van der Waals surface area contributed by atoms with E-state index in [9.17, 15) is 0 Å². The molecule has 0 aliphatic rings. The first kappa shape index (κ1) is 22.2. The van der Waals surface area contributed by atoms with Gasteiger partial charge in [-0.05, 0) is 50.2 Å². The molecule has 0 N–H and O–H groups in total. The Bertz CT molecular complexity index is 1040. The molecule has 0 spiro atoms. The predicted molar refractivity (Wildman–Crippen MR) is 134 cm³/mol. The number of aromatic nitrogens is 2. The summed E-state index contributed by atoms with van der Waals surface area (Å²) < 4.78 is 11.8. The van der Waals surface area contributed by atoms with Crippen LogP contribution in [0.25, 0.3) is 0 Å². The monoisotopic (exact) mass is 460 g/mol. The minimum Gasteiger partial charge on any atom is -0.439 e. The van der Waals surface area contributed by atoms with Crippen molar-refractivity contribution in [3.05, 3.63) is 108 Å². The summed E-state index contributed by atoms with van der Waals surface area (Å²) >= 11 is 0. The highest BCUT2D eigenvalue weighted by atomic mass is 33.1. The first-order chi connectivity index (χ1) is 15.7. The number of benzene rings is 2. The quantitative estimate of drug-likeness (QED) is 0.234. The third-order valence-corrected chi connectivity index (χ3v) is 7.84. The Kier molecular flexibility index (Phi) is 7.69. The zero-order valence-electron chi connectivity index (χ0n) is 17.9. The molecule has 0 aliphatic carbocycles. The molecule has 0 fully saturated rings. The van der Waals surface area contributed by atoms with Crippen LogP contribution in [0.4, 0.5) is 0 Å². The lowest BCUT2D eigenvalue weighted by Crippen LogP contribution is -1.97. The van der Waals surface area contributed by atoms with Gasteiger partial charge in [0.25, 0.3) is 0 Å². The summed E-state index contributed by atoms with van der Waals surface area (Å²) in [7, 11) is 3.55. The Morgan fingerprint density at radius 3 is 1.34 bits per heavy atom. The van der Waals surface area contributed by atoms with Crippen molar-refractivity contribution in [1.29, 1.82) is 0 Å². The van der Waals surface area contributed by atoms with Gasteiger partial charge < -0.3 is 9.47 Å². The summed E-state index contributed by atoms with van der Waals surface area (Å²) in [6.07, 6.45) is 0.